The second-order valence-electron chi connectivity index (χ2n) is 11.6. The molecule has 0 spiro atoms. The number of benzene rings is 3. The number of hydrogen-bond donors (Lipinski definition) is 1. The van der Waals surface area contributed by atoms with E-state index in [0.717, 1.165) is 45.8 Å². The summed E-state index contributed by atoms with van der Waals surface area (Å²) in [6, 6.07) is 16.7. The molecule has 2 heterocycles. The Hall–Kier alpha value is -3.81. The molecule has 4 atom stereocenters. The van der Waals surface area contributed by atoms with Crippen LogP contribution in [0.2, 0.25) is 10.0 Å². The van der Waals surface area contributed by atoms with E-state index in [1.54, 1.807) is 21.7 Å². The van der Waals surface area contributed by atoms with E-state index in [2.05, 4.69) is 17.2 Å². The second-order valence-corrected chi connectivity index (χ2v) is 12.4. The molecule has 3 aromatic carbocycles. The van der Waals surface area contributed by atoms with E-state index in [-0.39, 0.29) is 11.7 Å². The van der Waals surface area contributed by atoms with E-state index in [0.29, 0.717) is 54.0 Å². The van der Waals surface area contributed by atoms with Crippen LogP contribution >= 0.6 is 23.2 Å². The Morgan fingerprint density at radius 3 is 2.71 bits per heavy atom. The van der Waals surface area contributed by atoms with Crippen LogP contribution < -0.4 is 4.90 Å². The Balaban J connectivity index is 1.08. The van der Waals surface area contributed by atoms with E-state index in [4.69, 9.17) is 27.9 Å². The molecule has 3 aliphatic rings. The maximum atomic E-state index is 13.4. The van der Waals surface area contributed by atoms with Crippen molar-refractivity contribution in [3.8, 4) is 11.1 Å². The lowest BCUT2D eigenvalue weighted by Crippen LogP contribution is -2.36. The molecule has 214 valence electrons. The predicted molar refractivity (Wildman–Crippen MR) is 162 cm³/mol. The number of anilines is 1. The third-order valence-corrected chi connectivity index (χ3v) is 9.70. The molecule has 7 rings (SSSR count). The fourth-order valence-electron chi connectivity index (χ4n) is 6.43. The number of carbonyl (C=O) groups is 2. The molecule has 1 amide bonds. The monoisotopic (exact) mass is 601 g/mol. The number of amides is 1. The molecule has 0 bridgehead atoms. The summed E-state index contributed by atoms with van der Waals surface area (Å²) < 4.78 is 7.65. The summed E-state index contributed by atoms with van der Waals surface area (Å²) in [6.07, 6.45) is 5.49. The van der Waals surface area contributed by atoms with Crippen molar-refractivity contribution < 1.29 is 19.4 Å². The lowest BCUT2D eigenvalue weighted by molar-refractivity contribution is 0.0696. The first-order chi connectivity index (χ1) is 20.3. The number of aromatic nitrogens is 2. The molecular weight excluding hydrogens is 573 g/mol. The van der Waals surface area contributed by atoms with Crippen molar-refractivity contribution >= 4 is 41.0 Å². The van der Waals surface area contributed by atoms with Gasteiger partial charge in [-0.1, -0.05) is 47.5 Å². The van der Waals surface area contributed by atoms with Crippen LogP contribution in [0, 0.1) is 18.8 Å². The summed E-state index contributed by atoms with van der Waals surface area (Å²) in [5.41, 5.74) is 7.27. The van der Waals surface area contributed by atoms with Crippen LogP contribution in [0.1, 0.15) is 57.3 Å². The average Bonchev–Trinajstić information content (AvgIpc) is 3.89. The Labute approximate surface area is 253 Å². The van der Waals surface area contributed by atoms with E-state index in [9.17, 15) is 14.7 Å². The number of ether oxygens (including phenoxy) is 1. The van der Waals surface area contributed by atoms with Gasteiger partial charge in [-0.05, 0) is 95.7 Å². The lowest BCUT2D eigenvalue weighted by atomic mass is 9.93. The highest BCUT2D eigenvalue weighted by atomic mass is 35.5. The van der Waals surface area contributed by atoms with Crippen molar-refractivity contribution in [3.63, 3.8) is 0 Å². The molecule has 9 heteroatoms. The minimum absolute atomic E-state index is 0.183. The molecule has 42 heavy (non-hydrogen) atoms. The van der Waals surface area contributed by atoms with Gasteiger partial charge in [-0.15, -0.1) is 0 Å². The van der Waals surface area contributed by atoms with Crippen LogP contribution in [0.5, 0.6) is 0 Å². The summed E-state index contributed by atoms with van der Waals surface area (Å²) in [7, 11) is 0. The minimum Gasteiger partial charge on any atom is -0.478 e. The Kier molecular flexibility index (Phi) is 6.75. The van der Waals surface area contributed by atoms with E-state index >= 15 is 0 Å². The molecular formula is C33H29Cl2N3O4. The van der Waals surface area contributed by atoms with Crippen LogP contribution in [0.15, 0.2) is 67.0 Å². The van der Waals surface area contributed by atoms with Crippen molar-refractivity contribution in [1.82, 2.24) is 9.78 Å². The van der Waals surface area contributed by atoms with Crippen LogP contribution in [0.4, 0.5) is 10.5 Å². The fraction of sp³-hybridized carbons (Fsp3) is 0.303. The van der Waals surface area contributed by atoms with Gasteiger partial charge in [-0.2, -0.15) is 5.10 Å². The molecule has 7 nitrogen and oxygen atoms in total. The molecule has 0 unspecified atom stereocenters. The molecule has 0 radical (unpaired) electrons. The smallest absolute Gasteiger partial charge is 0.414 e. The molecule has 0 saturated heterocycles. The number of rotatable bonds is 7. The van der Waals surface area contributed by atoms with Gasteiger partial charge in [0, 0.05) is 34.3 Å². The minimum atomic E-state index is -1.000. The Morgan fingerprint density at radius 1 is 1.05 bits per heavy atom. The highest BCUT2D eigenvalue weighted by molar-refractivity contribution is 6.31. The van der Waals surface area contributed by atoms with Crippen LogP contribution in [-0.4, -0.2) is 40.1 Å². The van der Waals surface area contributed by atoms with Gasteiger partial charge < -0.3 is 9.84 Å². The molecule has 2 fully saturated rings. The first-order valence-electron chi connectivity index (χ1n) is 14.1. The predicted octanol–water partition coefficient (Wildman–Crippen LogP) is 7.78. The van der Waals surface area contributed by atoms with Crippen LogP contribution in [-0.2, 0) is 11.3 Å². The molecule has 2 aliphatic carbocycles. The molecule has 1 aromatic heterocycles. The summed E-state index contributed by atoms with van der Waals surface area (Å²) >= 11 is 12.7. The van der Waals surface area contributed by atoms with Gasteiger partial charge in [0.2, 0.25) is 0 Å². The first-order valence-corrected chi connectivity index (χ1v) is 14.9. The Bertz CT molecular complexity index is 1730. The van der Waals surface area contributed by atoms with Crippen molar-refractivity contribution in [3.05, 3.63) is 105 Å². The normalized spacial score (nSPS) is 21.8. The largest absolute Gasteiger partial charge is 0.478 e. The zero-order valence-electron chi connectivity index (χ0n) is 23.0. The van der Waals surface area contributed by atoms with Gasteiger partial charge in [-0.3, -0.25) is 9.58 Å². The Morgan fingerprint density at radius 2 is 1.88 bits per heavy atom. The van der Waals surface area contributed by atoms with Crippen molar-refractivity contribution in [2.75, 3.05) is 18.1 Å². The van der Waals surface area contributed by atoms with Gasteiger partial charge in [0.15, 0.2) is 0 Å². The van der Waals surface area contributed by atoms with Crippen molar-refractivity contribution in [2.45, 2.75) is 38.1 Å². The van der Waals surface area contributed by atoms with Crippen molar-refractivity contribution in [1.29, 1.82) is 0 Å². The topological polar surface area (TPSA) is 84.7 Å². The lowest BCUT2D eigenvalue weighted by Gasteiger charge is -2.29. The molecule has 4 aromatic rings. The summed E-state index contributed by atoms with van der Waals surface area (Å²) in [5, 5.41) is 15.2. The molecule has 2 saturated carbocycles. The van der Waals surface area contributed by atoms with Gasteiger partial charge in [0.05, 0.1) is 30.6 Å². The van der Waals surface area contributed by atoms with Gasteiger partial charge in [0.25, 0.3) is 0 Å². The average molecular weight is 603 g/mol. The first kappa shape index (κ1) is 27.0. The number of carboxylic acid groups (broad SMARTS) is 1. The maximum absolute atomic E-state index is 13.4. The third kappa shape index (κ3) is 4.95. The molecule has 1 N–H and O–H groups in total. The number of halogens is 2. The zero-order chi connectivity index (χ0) is 29.1. The summed E-state index contributed by atoms with van der Waals surface area (Å²) in [5.74, 6) is 0.513. The van der Waals surface area contributed by atoms with E-state index in [1.807, 2.05) is 43.6 Å². The quantitative estimate of drug-likeness (QED) is 0.234. The number of carboxylic acids is 1. The number of fused-ring (bicyclic) bond motifs is 3. The van der Waals surface area contributed by atoms with E-state index in [1.165, 1.54) is 11.6 Å². The highest BCUT2D eigenvalue weighted by Crippen LogP contribution is 2.57. The zero-order valence-corrected chi connectivity index (χ0v) is 24.5. The van der Waals surface area contributed by atoms with Crippen molar-refractivity contribution in [2.24, 2.45) is 11.8 Å². The maximum Gasteiger partial charge on any atom is 0.414 e. The number of nitrogens with zero attached hydrogens (tertiary/aromatic N) is 3. The molecule has 1 aliphatic heterocycles. The summed E-state index contributed by atoms with van der Waals surface area (Å²) in [6.45, 7) is 3.45. The van der Waals surface area contributed by atoms with Gasteiger partial charge in [-0.25, -0.2) is 9.59 Å². The van der Waals surface area contributed by atoms with E-state index < -0.39 is 5.97 Å². The highest BCUT2D eigenvalue weighted by Gasteiger charge is 2.48. The van der Waals surface area contributed by atoms with Crippen LogP contribution in [0.25, 0.3) is 11.1 Å². The second kappa shape index (κ2) is 10.5. The number of carbonyl (C=O) groups excluding carboxylic acids is 1. The third-order valence-electron chi connectivity index (χ3n) is 8.93. The van der Waals surface area contributed by atoms with Gasteiger partial charge in [0.1, 0.15) is 0 Å². The fourth-order valence-corrected chi connectivity index (χ4v) is 6.79. The number of hydrogen-bond acceptors (Lipinski definition) is 4. The number of aromatic carboxylic acids is 1. The van der Waals surface area contributed by atoms with Gasteiger partial charge >= 0.3 is 12.1 Å². The van der Waals surface area contributed by atoms with Crippen LogP contribution in [0.3, 0.4) is 0 Å². The standard InChI is InChI=1S/C33H29Cl2N3O4/c1-18-24(4-2-6-28(18)34)26-12-22(26)17-42-33(41)38-16-20-11-27(20)31-25(5-3-7-30(31)38)23-13-36-37(15-23)14-21-10-19(32(39)40)8-9-29(21)35/h2-10,13,15,20,22,26-27H,11-12,14,16-17H2,1H3,(H,39,40)/t20-,22-,26+,27-/m0/s1. The summed E-state index contributed by atoms with van der Waals surface area (Å²) in [4.78, 5) is 26.6. The SMILES string of the molecule is Cc1c(Cl)cccc1[C@@H]1C[C@H]1COC(=O)N1C[C@@H]2C[C@@H]2c2c(-c3cnn(Cc4cc(C(=O)O)ccc4Cl)c3)cccc21.